The third kappa shape index (κ3) is 2.96. The number of hydrogen-bond donors (Lipinski definition) is 0. The Labute approximate surface area is 110 Å². The molecule has 0 atom stereocenters. The van der Waals surface area contributed by atoms with Crippen LogP contribution in [-0.4, -0.2) is 5.78 Å². The molecule has 0 fully saturated rings. The van der Waals surface area contributed by atoms with Crippen LogP contribution >= 0.6 is 11.6 Å². The first-order chi connectivity index (χ1) is 8.56. The largest absolute Gasteiger partial charge is 0.294 e. The molecule has 0 bridgehead atoms. The van der Waals surface area contributed by atoms with Crippen LogP contribution in [0.15, 0.2) is 42.5 Å². The smallest absolute Gasteiger partial charge is 0.167 e. The molecule has 0 aromatic heterocycles. The molecule has 92 valence electrons. The molecule has 2 aromatic carbocycles. The third-order valence-corrected chi connectivity index (χ3v) is 3.04. The topological polar surface area (TPSA) is 17.1 Å². The predicted octanol–water partition coefficient (Wildman–Crippen LogP) is 4.21. The number of halogens is 2. The van der Waals surface area contributed by atoms with Gasteiger partial charge in [0.15, 0.2) is 5.78 Å². The number of ketones is 1. The van der Waals surface area contributed by atoms with Gasteiger partial charge in [0.2, 0.25) is 0 Å². The van der Waals surface area contributed by atoms with E-state index >= 15 is 0 Å². The van der Waals surface area contributed by atoms with E-state index in [2.05, 4.69) is 0 Å². The van der Waals surface area contributed by atoms with Gasteiger partial charge in [-0.25, -0.2) is 4.39 Å². The average molecular weight is 263 g/mol. The number of Topliss-reactive ketones (excluding diaryl/α,β-unsaturated/α-hetero) is 1. The van der Waals surface area contributed by atoms with Crippen LogP contribution in [0.4, 0.5) is 4.39 Å². The van der Waals surface area contributed by atoms with Crippen molar-refractivity contribution in [3.8, 4) is 0 Å². The molecule has 1 nitrogen and oxygen atoms in total. The monoisotopic (exact) mass is 262 g/mol. The number of carbonyl (C=O) groups is 1. The molecule has 0 radical (unpaired) electrons. The fraction of sp³-hybridized carbons (Fsp3) is 0.133. The summed E-state index contributed by atoms with van der Waals surface area (Å²) in [5, 5.41) is 0.555. The van der Waals surface area contributed by atoms with Gasteiger partial charge in [-0.05, 0) is 42.3 Å². The van der Waals surface area contributed by atoms with Crippen molar-refractivity contribution < 1.29 is 9.18 Å². The Morgan fingerprint density at radius 3 is 2.61 bits per heavy atom. The highest BCUT2D eigenvalue weighted by Gasteiger charge is 2.10. The van der Waals surface area contributed by atoms with Gasteiger partial charge < -0.3 is 0 Å². The SMILES string of the molecule is Cc1cc(F)cc(C(=O)Cc2ccccc2Cl)c1. The summed E-state index contributed by atoms with van der Waals surface area (Å²) in [6, 6.07) is 11.5. The zero-order valence-electron chi connectivity index (χ0n) is 9.91. The van der Waals surface area contributed by atoms with Gasteiger partial charge in [-0.2, -0.15) is 0 Å². The Hall–Kier alpha value is -1.67. The minimum atomic E-state index is -0.391. The molecule has 0 saturated carbocycles. The van der Waals surface area contributed by atoms with Crippen molar-refractivity contribution >= 4 is 17.4 Å². The van der Waals surface area contributed by atoms with Crippen LogP contribution < -0.4 is 0 Å². The maximum absolute atomic E-state index is 13.2. The van der Waals surface area contributed by atoms with Crippen molar-refractivity contribution in [3.05, 3.63) is 70.0 Å². The molecule has 0 aliphatic carbocycles. The van der Waals surface area contributed by atoms with Gasteiger partial charge in [-0.15, -0.1) is 0 Å². The molecule has 2 rings (SSSR count). The van der Waals surface area contributed by atoms with E-state index in [1.807, 2.05) is 12.1 Å². The molecule has 0 aliphatic rings. The molecule has 0 spiro atoms. The molecule has 0 aliphatic heterocycles. The molecule has 0 heterocycles. The van der Waals surface area contributed by atoms with E-state index in [0.717, 1.165) is 11.1 Å². The van der Waals surface area contributed by atoms with E-state index in [1.165, 1.54) is 12.1 Å². The van der Waals surface area contributed by atoms with Crippen LogP contribution in [0.3, 0.4) is 0 Å². The first-order valence-corrected chi connectivity index (χ1v) is 5.98. The van der Waals surface area contributed by atoms with E-state index in [0.29, 0.717) is 10.6 Å². The normalized spacial score (nSPS) is 10.4. The number of benzene rings is 2. The fourth-order valence-corrected chi connectivity index (χ4v) is 2.02. The molecule has 18 heavy (non-hydrogen) atoms. The maximum Gasteiger partial charge on any atom is 0.167 e. The lowest BCUT2D eigenvalue weighted by atomic mass is 10.0. The summed E-state index contributed by atoms with van der Waals surface area (Å²) in [5.41, 5.74) is 1.87. The van der Waals surface area contributed by atoms with Crippen LogP contribution in [0.5, 0.6) is 0 Å². The van der Waals surface area contributed by atoms with Gasteiger partial charge in [0, 0.05) is 17.0 Å². The molecule has 0 amide bonds. The highest BCUT2D eigenvalue weighted by atomic mass is 35.5. The van der Waals surface area contributed by atoms with Crippen molar-refractivity contribution in [2.24, 2.45) is 0 Å². The molecule has 0 N–H and O–H groups in total. The van der Waals surface area contributed by atoms with Crippen molar-refractivity contribution in [3.63, 3.8) is 0 Å². The second kappa shape index (κ2) is 5.32. The first-order valence-electron chi connectivity index (χ1n) is 5.60. The average Bonchev–Trinajstić information content (AvgIpc) is 2.31. The summed E-state index contributed by atoms with van der Waals surface area (Å²) in [5.74, 6) is -0.525. The molecule has 3 heteroatoms. The zero-order valence-corrected chi connectivity index (χ0v) is 10.7. The van der Waals surface area contributed by atoms with Gasteiger partial charge in [0.1, 0.15) is 5.82 Å². The van der Waals surface area contributed by atoms with Crippen molar-refractivity contribution in [1.82, 2.24) is 0 Å². The van der Waals surface area contributed by atoms with E-state index in [4.69, 9.17) is 11.6 Å². The lowest BCUT2D eigenvalue weighted by molar-refractivity contribution is 0.0992. The van der Waals surface area contributed by atoms with E-state index < -0.39 is 5.82 Å². The van der Waals surface area contributed by atoms with Crippen LogP contribution in [0.25, 0.3) is 0 Å². The Morgan fingerprint density at radius 2 is 1.94 bits per heavy atom. The number of hydrogen-bond acceptors (Lipinski definition) is 1. The van der Waals surface area contributed by atoms with Gasteiger partial charge in [-0.3, -0.25) is 4.79 Å². The zero-order chi connectivity index (χ0) is 13.1. The van der Waals surface area contributed by atoms with Gasteiger partial charge in [0.25, 0.3) is 0 Å². The standard InChI is InChI=1S/C15H12ClFO/c1-10-6-12(8-13(17)7-10)15(18)9-11-4-2-3-5-14(11)16/h2-8H,9H2,1H3. The third-order valence-electron chi connectivity index (χ3n) is 2.67. The van der Waals surface area contributed by atoms with Crippen LogP contribution in [0, 0.1) is 12.7 Å². The summed E-state index contributed by atoms with van der Waals surface area (Å²) in [7, 11) is 0. The molecule has 2 aromatic rings. The van der Waals surface area contributed by atoms with Crippen molar-refractivity contribution in [2.45, 2.75) is 13.3 Å². The Morgan fingerprint density at radius 1 is 1.22 bits per heavy atom. The molecule has 0 saturated heterocycles. The van der Waals surface area contributed by atoms with Crippen LogP contribution in [0.2, 0.25) is 5.02 Å². The van der Waals surface area contributed by atoms with E-state index in [-0.39, 0.29) is 12.2 Å². The second-order valence-corrected chi connectivity index (χ2v) is 4.62. The minimum Gasteiger partial charge on any atom is -0.294 e. The highest BCUT2D eigenvalue weighted by molar-refractivity contribution is 6.31. The lowest BCUT2D eigenvalue weighted by Gasteiger charge is -2.05. The fourth-order valence-electron chi connectivity index (χ4n) is 1.81. The van der Waals surface area contributed by atoms with Gasteiger partial charge >= 0.3 is 0 Å². The summed E-state index contributed by atoms with van der Waals surface area (Å²) < 4.78 is 13.2. The Balaban J connectivity index is 2.25. The Kier molecular flexibility index (Phi) is 3.78. The first kappa shape index (κ1) is 12.8. The van der Waals surface area contributed by atoms with Gasteiger partial charge in [-0.1, -0.05) is 29.8 Å². The highest BCUT2D eigenvalue weighted by Crippen LogP contribution is 2.18. The summed E-state index contributed by atoms with van der Waals surface area (Å²) in [6.45, 7) is 1.76. The Bertz CT molecular complexity index is 573. The van der Waals surface area contributed by atoms with Gasteiger partial charge in [0.05, 0.1) is 0 Å². The molecular formula is C15H12ClFO. The lowest BCUT2D eigenvalue weighted by Crippen LogP contribution is -2.05. The predicted molar refractivity (Wildman–Crippen MR) is 70.6 cm³/mol. The summed E-state index contributed by atoms with van der Waals surface area (Å²) >= 11 is 5.99. The number of aryl methyl sites for hydroxylation is 1. The molecule has 0 unspecified atom stereocenters. The van der Waals surface area contributed by atoms with E-state index in [9.17, 15) is 9.18 Å². The second-order valence-electron chi connectivity index (χ2n) is 4.21. The summed E-state index contributed by atoms with van der Waals surface area (Å²) in [6.07, 6.45) is 0.183. The minimum absolute atomic E-state index is 0.134. The summed E-state index contributed by atoms with van der Waals surface area (Å²) in [4.78, 5) is 12.0. The van der Waals surface area contributed by atoms with Crippen LogP contribution in [-0.2, 0) is 6.42 Å². The quantitative estimate of drug-likeness (QED) is 0.757. The van der Waals surface area contributed by atoms with Crippen molar-refractivity contribution in [1.29, 1.82) is 0 Å². The number of carbonyl (C=O) groups excluding carboxylic acids is 1. The number of rotatable bonds is 3. The van der Waals surface area contributed by atoms with Crippen LogP contribution in [0.1, 0.15) is 21.5 Å². The molecular weight excluding hydrogens is 251 g/mol. The maximum atomic E-state index is 13.2. The van der Waals surface area contributed by atoms with E-state index in [1.54, 1.807) is 25.1 Å². The van der Waals surface area contributed by atoms with Crippen molar-refractivity contribution in [2.75, 3.05) is 0 Å².